The predicted octanol–water partition coefficient (Wildman–Crippen LogP) is 2.59. The van der Waals surface area contributed by atoms with Crippen LogP contribution in [0.1, 0.15) is 19.4 Å². The summed E-state index contributed by atoms with van der Waals surface area (Å²) in [5, 5.41) is 4.25. The highest BCUT2D eigenvalue weighted by molar-refractivity contribution is 7.99. The van der Waals surface area contributed by atoms with Crippen molar-refractivity contribution >= 4 is 28.7 Å². The maximum Gasteiger partial charge on any atom is 0.231 e. The highest BCUT2D eigenvalue weighted by atomic mass is 32.2. The summed E-state index contributed by atoms with van der Waals surface area (Å²) in [6.07, 6.45) is 1.48. The minimum Gasteiger partial charge on any atom is -0.454 e. The number of ether oxygens (including phenoxy) is 2. The molecule has 0 atom stereocenters. The highest BCUT2D eigenvalue weighted by Gasteiger charge is 2.20. The van der Waals surface area contributed by atoms with Gasteiger partial charge in [0, 0.05) is 24.0 Å². The molecule has 0 radical (unpaired) electrons. The quantitative estimate of drug-likeness (QED) is 0.667. The van der Waals surface area contributed by atoms with E-state index in [0.29, 0.717) is 17.4 Å². The molecular formula is C18H22N6O2S. The van der Waals surface area contributed by atoms with E-state index in [0.717, 1.165) is 45.9 Å². The fourth-order valence-electron chi connectivity index (χ4n) is 2.91. The molecule has 142 valence electrons. The maximum absolute atomic E-state index is 6.02. The predicted molar refractivity (Wildman–Crippen MR) is 104 cm³/mol. The molecule has 3 aromatic rings. The van der Waals surface area contributed by atoms with E-state index < -0.39 is 0 Å². The van der Waals surface area contributed by atoms with E-state index in [1.54, 1.807) is 11.8 Å². The van der Waals surface area contributed by atoms with Crippen LogP contribution in [0.15, 0.2) is 28.5 Å². The third-order valence-electron chi connectivity index (χ3n) is 4.28. The Morgan fingerprint density at radius 1 is 1.26 bits per heavy atom. The van der Waals surface area contributed by atoms with E-state index in [1.807, 2.05) is 19.1 Å². The normalized spacial score (nSPS) is 13.0. The zero-order chi connectivity index (χ0) is 19.0. The summed E-state index contributed by atoms with van der Waals surface area (Å²) in [7, 11) is 0. The number of aryl methyl sites for hydroxylation is 1. The summed E-state index contributed by atoms with van der Waals surface area (Å²) < 4.78 is 13.0. The Bertz CT molecular complexity index is 988. The average Bonchev–Trinajstić information content (AvgIpc) is 3.21. The monoisotopic (exact) mass is 386 g/mol. The molecule has 1 aliphatic rings. The Balaban J connectivity index is 1.71. The first-order valence-electron chi connectivity index (χ1n) is 8.81. The largest absolute Gasteiger partial charge is 0.454 e. The Morgan fingerprint density at radius 3 is 2.81 bits per heavy atom. The van der Waals surface area contributed by atoms with Gasteiger partial charge < -0.3 is 25.1 Å². The summed E-state index contributed by atoms with van der Waals surface area (Å²) >= 11 is 1.57. The number of benzene rings is 1. The van der Waals surface area contributed by atoms with Gasteiger partial charge in [-0.15, -0.1) is 0 Å². The third kappa shape index (κ3) is 3.52. The molecule has 0 spiro atoms. The summed E-state index contributed by atoms with van der Waals surface area (Å²) in [5.41, 5.74) is 8.50. The van der Waals surface area contributed by atoms with Crippen LogP contribution in [0.2, 0.25) is 0 Å². The molecule has 2 aromatic heterocycles. The smallest absolute Gasteiger partial charge is 0.231 e. The van der Waals surface area contributed by atoms with Crippen LogP contribution in [0.3, 0.4) is 0 Å². The summed E-state index contributed by atoms with van der Waals surface area (Å²) in [6.45, 7) is 8.09. The minimum atomic E-state index is 0.258. The molecular weight excluding hydrogens is 364 g/mol. The number of nitrogens with zero attached hydrogens (tertiary/aromatic N) is 4. The molecule has 27 heavy (non-hydrogen) atoms. The Kier molecular flexibility index (Phi) is 4.79. The Labute approximate surface area is 161 Å². The number of rotatable bonds is 6. The summed E-state index contributed by atoms with van der Waals surface area (Å²) in [6, 6.07) is 4.39. The van der Waals surface area contributed by atoms with Gasteiger partial charge >= 0.3 is 0 Å². The van der Waals surface area contributed by atoms with Gasteiger partial charge in [-0.1, -0.05) is 25.6 Å². The molecule has 0 amide bonds. The van der Waals surface area contributed by atoms with E-state index in [9.17, 15) is 0 Å². The number of nitrogens with one attached hydrogen (secondary N) is 1. The molecule has 3 heterocycles. The van der Waals surface area contributed by atoms with E-state index in [1.165, 1.54) is 6.33 Å². The molecule has 4 rings (SSSR count). The Hall–Kier alpha value is -2.52. The van der Waals surface area contributed by atoms with Crippen molar-refractivity contribution in [1.29, 1.82) is 0 Å². The van der Waals surface area contributed by atoms with Gasteiger partial charge in [-0.25, -0.2) is 15.0 Å². The lowest BCUT2D eigenvalue weighted by Gasteiger charge is -2.12. The van der Waals surface area contributed by atoms with Crippen molar-refractivity contribution in [3.8, 4) is 11.5 Å². The van der Waals surface area contributed by atoms with Gasteiger partial charge in [0.1, 0.15) is 6.33 Å². The molecule has 0 unspecified atom stereocenters. The molecule has 1 aromatic carbocycles. The first kappa shape index (κ1) is 17.9. The van der Waals surface area contributed by atoms with E-state index in [-0.39, 0.29) is 6.79 Å². The molecule has 0 saturated heterocycles. The number of imidazole rings is 1. The maximum atomic E-state index is 6.02. The van der Waals surface area contributed by atoms with Gasteiger partial charge in [0.2, 0.25) is 6.79 Å². The first-order chi connectivity index (χ1) is 13.0. The number of hydrogen-bond donors (Lipinski definition) is 2. The SMILES string of the molecule is Cc1cc2c(cc1Sc1nc3c(N)ncnc3n1CCNC(C)C)OCO2. The molecule has 0 aliphatic carbocycles. The van der Waals surface area contributed by atoms with Crippen molar-refractivity contribution in [2.75, 3.05) is 19.1 Å². The molecule has 0 saturated carbocycles. The first-order valence-corrected chi connectivity index (χ1v) is 9.62. The fourth-order valence-corrected chi connectivity index (χ4v) is 3.92. The standard InChI is InChI=1S/C18H22N6O2S/c1-10(2)20-4-5-24-17-15(16(19)21-8-22-17)23-18(24)27-14-7-13-12(6-11(14)3)25-9-26-13/h6-8,10,20H,4-5,9H2,1-3H3,(H2,19,21,22). The van der Waals surface area contributed by atoms with Gasteiger partial charge in [0.05, 0.1) is 0 Å². The molecule has 0 bridgehead atoms. The average molecular weight is 386 g/mol. The van der Waals surface area contributed by atoms with Crippen LogP contribution < -0.4 is 20.5 Å². The number of nitrogens with two attached hydrogens (primary N) is 1. The lowest BCUT2D eigenvalue weighted by Crippen LogP contribution is -2.26. The second kappa shape index (κ2) is 7.24. The number of aromatic nitrogens is 4. The molecule has 8 nitrogen and oxygen atoms in total. The number of fused-ring (bicyclic) bond motifs is 2. The van der Waals surface area contributed by atoms with Crippen molar-refractivity contribution < 1.29 is 9.47 Å². The van der Waals surface area contributed by atoms with Crippen molar-refractivity contribution in [2.24, 2.45) is 0 Å². The topological polar surface area (TPSA) is 100 Å². The van der Waals surface area contributed by atoms with Crippen molar-refractivity contribution in [1.82, 2.24) is 24.8 Å². The van der Waals surface area contributed by atoms with Gasteiger partial charge in [-0.05, 0) is 24.6 Å². The van der Waals surface area contributed by atoms with Crippen LogP contribution in [0.5, 0.6) is 11.5 Å². The van der Waals surface area contributed by atoms with E-state index >= 15 is 0 Å². The second-order valence-corrected chi connectivity index (χ2v) is 7.67. The lowest BCUT2D eigenvalue weighted by molar-refractivity contribution is 0.174. The Morgan fingerprint density at radius 2 is 2.04 bits per heavy atom. The van der Waals surface area contributed by atoms with E-state index in [4.69, 9.17) is 20.2 Å². The zero-order valence-corrected chi connectivity index (χ0v) is 16.3. The number of nitrogen functional groups attached to an aromatic ring is 1. The fraction of sp³-hybridized carbons (Fsp3) is 0.389. The third-order valence-corrected chi connectivity index (χ3v) is 5.44. The summed E-state index contributed by atoms with van der Waals surface area (Å²) in [5.74, 6) is 1.92. The van der Waals surface area contributed by atoms with Crippen molar-refractivity contribution in [2.45, 2.75) is 43.4 Å². The van der Waals surface area contributed by atoms with Gasteiger partial charge in [-0.3, -0.25) is 0 Å². The lowest BCUT2D eigenvalue weighted by atomic mass is 10.2. The van der Waals surface area contributed by atoms with Gasteiger partial charge in [-0.2, -0.15) is 0 Å². The van der Waals surface area contributed by atoms with Crippen LogP contribution in [0.4, 0.5) is 5.82 Å². The molecule has 3 N–H and O–H groups in total. The zero-order valence-electron chi connectivity index (χ0n) is 15.5. The second-order valence-electron chi connectivity index (χ2n) is 6.66. The number of anilines is 1. The highest BCUT2D eigenvalue weighted by Crippen LogP contribution is 2.40. The van der Waals surface area contributed by atoms with Crippen molar-refractivity contribution in [3.63, 3.8) is 0 Å². The molecule has 0 fully saturated rings. The summed E-state index contributed by atoms with van der Waals surface area (Å²) in [4.78, 5) is 14.2. The van der Waals surface area contributed by atoms with Gasteiger partial charge in [0.25, 0.3) is 0 Å². The van der Waals surface area contributed by atoms with Crippen LogP contribution in [0.25, 0.3) is 11.2 Å². The molecule has 9 heteroatoms. The van der Waals surface area contributed by atoms with Crippen LogP contribution in [-0.2, 0) is 6.54 Å². The van der Waals surface area contributed by atoms with Crippen LogP contribution in [0, 0.1) is 6.92 Å². The van der Waals surface area contributed by atoms with Crippen molar-refractivity contribution in [3.05, 3.63) is 24.0 Å². The van der Waals surface area contributed by atoms with Crippen LogP contribution >= 0.6 is 11.8 Å². The minimum absolute atomic E-state index is 0.258. The number of hydrogen-bond acceptors (Lipinski definition) is 8. The van der Waals surface area contributed by atoms with E-state index in [2.05, 4.69) is 33.7 Å². The van der Waals surface area contributed by atoms with Crippen LogP contribution in [-0.4, -0.2) is 38.9 Å². The molecule has 1 aliphatic heterocycles. The van der Waals surface area contributed by atoms with Gasteiger partial charge in [0.15, 0.2) is 33.6 Å².